The van der Waals surface area contributed by atoms with Gasteiger partial charge in [0.05, 0.1) is 0 Å². The number of carbonyl (C=O) groups is 2. The number of ketones is 1. The monoisotopic (exact) mass is 445 g/mol. The van der Waals surface area contributed by atoms with E-state index >= 15 is 0 Å². The molecule has 1 aromatic heterocycles. The van der Waals surface area contributed by atoms with Gasteiger partial charge in [0.25, 0.3) is 0 Å². The number of hydrogen-bond donors (Lipinski definition) is 0. The Morgan fingerprint density at radius 2 is 1.93 bits per heavy atom. The highest BCUT2D eigenvalue weighted by atomic mass is 32.2. The minimum Gasteiger partial charge on any atom is -0.294 e. The average Bonchev–Trinajstić information content (AvgIpc) is 3.13. The van der Waals surface area contributed by atoms with Crippen LogP contribution in [0.3, 0.4) is 0 Å². The molecule has 2 aromatic rings. The van der Waals surface area contributed by atoms with Crippen LogP contribution in [-0.2, 0) is 9.59 Å². The largest absolute Gasteiger partial charge is 0.294 e. The highest BCUT2D eigenvalue weighted by Gasteiger charge is 2.45. The van der Waals surface area contributed by atoms with Gasteiger partial charge >= 0.3 is 0 Å². The smallest absolute Gasteiger partial charge is 0.234 e. The molecule has 4 rings (SSSR count). The lowest BCUT2D eigenvalue weighted by Gasteiger charge is -2.41. The van der Waals surface area contributed by atoms with Crippen molar-refractivity contribution in [1.82, 2.24) is 10.2 Å². The fourth-order valence-electron chi connectivity index (χ4n) is 4.16. The third-order valence-corrected chi connectivity index (χ3v) is 7.68. The molecule has 0 spiro atoms. The predicted molar refractivity (Wildman–Crippen MR) is 117 cm³/mol. The number of rotatable bonds is 5. The molecule has 0 saturated carbocycles. The number of anilines is 1. The van der Waals surface area contributed by atoms with Gasteiger partial charge in [-0.15, -0.1) is 10.2 Å². The maximum absolute atomic E-state index is 13.4. The summed E-state index contributed by atoms with van der Waals surface area (Å²) in [6.45, 7) is 6.19. The second-order valence-corrected chi connectivity index (χ2v) is 10.8. The van der Waals surface area contributed by atoms with Crippen LogP contribution < -0.4 is 4.90 Å². The SMILES string of the molecule is CCCSc1nnc(N2C(=O)CC(c3ccc(F)cc3)C3=C2CC(C)(C)CC3=O)s1. The first-order chi connectivity index (χ1) is 14.3. The van der Waals surface area contributed by atoms with Gasteiger partial charge in [-0.2, -0.15) is 0 Å². The van der Waals surface area contributed by atoms with E-state index in [0.29, 0.717) is 23.5 Å². The molecule has 1 unspecified atom stereocenters. The quantitative estimate of drug-likeness (QED) is 0.459. The summed E-state index contributed by atoms with van der Waals surface area (Å²) in [6, 6.07) is 6.10. The van der Waals surface area contributed by atoms with Crippen molar-refractivity contribution in [3.63, 3.8) is 0 Å². The molecule has 5 nitrogen and oxygen atoms in total. The highest BCUT2D eigenvalue weighted by Crippen LogP contribution is 2.48. The van der Waals surface area contributed by atoms with Crippen LogP contribution in [0.1, 0.15) is 57.9 Å². The first kappa shape index (κ1) is 21.2. The number of aromatic nitrogens is 2. The Bertz CT molecular complexity index is 1010. The van der Waals surface area contributed by atoms with Gasteiger partial charge in [-0.25, -0.2) is 4.39 Å². The number of carbonyl (C=O) groups excluding carboxylic acids is 2. The Balaban J connectivity index is 1.80. The van der Waals surface area contributed by atoms with E-state index in [2.05, 4.69) is 17.1 Å². The maximum atomic E-state index is 13.4. The van der Waals surface area contributed by atoms with Gasteiger partial charge in [-0.3, -0.25) is 14.5 Å². The molecule has 0 N–H and O–H groups in total. The number of amides is 1. The van der Waals surface area contributed by atoms with E-state index in [4.69, 9.17) is 0 Å². The standard InChI is InChI=1S/C22H24FN3O2S2/c1-4-9-29-21-25-24-20(30-21)26-16-11-22(2,3)12-17(27)19(16)15(10-18(26)28)13-5-7-14(23)8-6-13/h5-8,15H,4,9-12H2,1-3H3. The van der Waals surface area contributed by atoms with Gasteiger partial charge in [0, 0.05) is 35.8 Å². The van der Waals surface area contributed by atoms with Crippen molar-refractivity contribution in [2.24, 2.45) is 5.41 Å². The predicted octanol–water partition coefficient (Wildman–Crippen LogP) is 5.34. The van der Waals surface area contributed by atoms with E-state index < -0.39 is 0 Å². The average molecular weight is 446 g/mol. The summed E-state index contributed by atoms with van der Waals surface area (Å²) in [4.78, 5) is 28.1. The van der Waals surface area contributed by atoms with Crippen LogP contribution in [0, 0.1) is 11.2 Å². The van der Waals surface area contributed by atoms with Crippen LogP contribution >= 0.6 is 23.1 Å². The van der Waals surface area contributed by atoms with Crippen LogP contribution in [0.2, 0.25) is 0 Å². The van der Waals surface area contributed by atoms with Crippen molar-refractivity contribution in [2.75, 3.05) is 10.7 Å². The van der Waals surface area contributed by atoms with Crippen molar-refractivity contribution in [3.05, 3.63) is 46.9 Å². The first-order valence-corrected chi connectivity index (χ1v) is 11.9. The molecule has 1 atom stereocenters. The van der Waals surface area contributed by atoms with Gasteiger partial charge in [0.2, 0.25) is 11.0 Å². The highest BCUT2D eigenvalue weighted by molar-refractivity contribution is 8.01. The molecule has 0 radical (unpaired) electrons. The lowest BCUT2D eigenvalue weighted by Crippen LogP contribution is -2.43. The molecule has 30 heavy (non-hydrogen) atoms. The maximum Gasteiger partial charge on any atom is 0.234 e. The second kappa shape index (κ2) is 8.23. The van der Waals surface area contributed by atoms with Gasteiger partial charge in [-0.05, 0) is 36.0 Å². The molecule has 0 saturated heterocycles. The van der Waals surface area contributed by atoms with Crippen molar-refractivity contribution in [1.29, 1.82) is 0 Å². The lowest BCUT2D eigenvalue weighted by molar-refractivity contribution is -0.121. The second-order valence-electron chi connectivity index (χ2n) is 8.54. The Morgan fingerprint density at radius 1 is 1.20 bits per heavy atom. The number of nitrogens with zero attached hydrogens (tertiary/aromatic N) is 3. The topological polar surface area (TPSA) is 63.2 Å². The molecule has 158 valence electrons. The summed E-state index contributed by atoms with van der Waals surface area (Å²) < 4.78 is 14.3. The molecular formula is C22H24FN3O2S2. The summed E-state index contributed by atoms with van der Waals surface area (Å²) in [5.74, 6) is 0.206. The van der Waals surface area contributed by atoms with Crippen LogP contribution in [0.5, 0.6) is 0 Å². The normalized spacial score (nSPS) is 21.2. The zero-order chi connectivity index (χ0) is 21.5. The number of hydrogen-bond acceptors (Lipinski definition) is 6. The Labute approximate surface area is 183 Å². The molecule has 0 bridgehead atoms. The first-order valence-electron chi connectivity index (χ1n) is 10.1. The molecule has 1 aliphatic carbocycles. The van der Waals surface area contributed by atoms with E-state index in [9.17, 15) is 14.0 Å². The molecule has 2 aliphatic rings. The van der Waals surface area contributed by atoms with Crippen LogP contribution in [0.4, 0.5) is 9.52 Å². The van der Waals surface area contributed by atoms with E-state index in [1.165, 1.54) is 23.5 Å². The number of thioether (sulfide) groups is 1. The van der Waals surface area contributed by atoms with E-state index in [1.54, 1.807) is 28.8 Å². The zero-order valence-electron chi connectivity index (χ0n) is 17.3. The third kappa shape index (κ3) is 4.07. The van der Waals surface area contributed by atoms with Crippen molar-refractivity contribution in [3.8, 4) is 0 Å². The van der Waals surface area contributed by atoms with Crippen LogP contribution in [0.15, 0.2) is 39.9 Å². The molecular weight excluding hydrogens is 421 g/mol. The van der Waals surface area contributed by atoms with Gasteiger partial charge in [0.15, 0.2) is 10.1 Å². The molecule has 8 heteroatoms. The van der Waals surface area contributed by atoms with Crippen molar-refractivity contribution >= 4 is 39.9 Å². The Hall–Kier alpha value is -2.06. The lowest BCUT2D eigenvalue weighted by atomic mass is 9.69. The van der Waals surface area contributed by atoms with Crippen molar-refractivity contribution in [2.45, 2.75) is 56.7 Å². The van der Waals surface area contributed by atoms with Gasteiger partial charge in [-0.1, -0.05) is 56.0 Å². The zero-order valence-corrected chi connectivity index (χ0v) is 18.9. The van der Waals surface area contributed by atoms with E-state index in [-0.39, 0.29) is 35.3 Å². The van der Waals surface area contributed by atoms with E-state index in [1.807, 2.05) is 13.8 Å². The van der Waals surface area contributed by atoms with Crippen LogP contribution in [0.25, 0.3) is 0 Å². The van der Waals surface area contributed by atoms with Crippen molar-refractivity contribution < 1.29 is 14.0 Å². The summed E-state index contributed by atoms with van der Waals surface area (Å²) in [5.41, 5.74) is 1.94. The Kier molecular flexibility index (Phi) is 5.81. The molecule has 1 amide bonds. The number of Topliss-reactive ketones (excluding diaryl/α,β-unsaturated/α-hetero) is 1. The number of allylic oxidation sites excluding steroid dienone is 2. The minimum absolute atomic E-state index is 0.0539. The van der Waals surface area contributed by atoms with Gasteiger partial charge < -0.3 is 0 Å². The third-order valence-electron chi connectivity index (χ3n) is 5.43. The number of halogens is 1. The summed E-state index contributed by atoms with van der Waals surface area (Å²) in [7, 11) is 0. The van der Waals surface area contributed by atoms with E-state index in [0.717, 1.165) is 27.8 Å². The summed E-state index contributed by atoms with van der Waals surface area (Å²) in [6.07, 6.45) is 2.22. The molecule has 1 aromatic carbocycles. The Morgan fingerprint density at radius 3 is 2.63 bits per heavy atom. The summed E-state index contributed by atoms with van der Waals surface area (Å²) in [5, 5.41) is 9.03. The van der Waals surface area contributed by atoms with Crippen LogP contribution in [-0.4, -0.2) is 27.6 Å². The summed E-state index contributed by atoms with van der Waals surface area (Å²) >= 11 is 3.01. The minimum atomic E-state index is -0.352. The molecule has 1 aliphatic heterocycles. The van der Waals surface area contributed by atoms with Gasteiger partial charge in [0.1, 0.15) is 5.82 Å². The fraction of sp³-hybridized carbons (Fsp3) is 0.455. The number of benzene rings is 1. The molecule has 0 fully saturated rings. The molecule has 2 heterocycles. The fourth-order valence-corrected chi connectivity index (χ4v) is 5.97.